The van der Waals surface area contributed by atoms with E-state index in [-0.39, 0.29) is 24.2 Å². The van der Waals surface area contributed by atoms with Crippen LogP contribution in [0, 0.1) is 5.82 Å². The summed E-state index contributed by atoms with van der Waals surface area (Å²) in [6, 6.07) is 12.6. The fourth-order valence-electron chi connectivity index (χ4n) is 2.45. The monoisotopic (exact) mass is 374 g/mol. The molecule has 0 radical (unpaired) electrons. The van der Waals surface area contributed by atoms with Crippen molar-refractivity contribution in [3.8, 4) is 5.75 Å². The van der Waals surface area contributed by atoms with Crippen LogP contribution in [0.5, 0.6) is 5.75 Å². The molecule has 27 heavy (non-hydrogen) atoms. The lowest BCUT2D eigenvalue weighted by Gasteiger charge is -2.20. The predicted molar refractivity (Wildman–Crippen MR) is 101 cm³/mol. The maximum atomic E-state index is 12.9. The van der Waals surface area contributed by atoms with Gasteiger partial charge in [-0.1, -0.05) is 12.1 Å². The number of likely N-dealkylation sites (N-methyl/N-ethyl adjacent to an activating group) is 1. The Bertz CT molecular complexity index is 763. The molecule has 2 amide bonds. The van der Waals surface area contributed by atoms with Crippen molar-refractivity contribution < 1.29 is 23.6 Å². The highest BCUT2D eigenvalue weighted by Gasteiger charge is 2.23. The molecule has 0 aromatic heterocycles. The number of ether oxygens (including phenoxy) is 1. The second-order valence-electron chi connectivity index (χ2n) is 6.37. The number of halogens is 1. The molecular formula is C20H25FN3O3+. The minimum absolute atomic E-state index is 0.120. The highest BCUT2D eigenvalue weighted by molar-refractivity contribution is 5.91. The third kappa shape index (κ3) is 6.38. The third-order valence-electron chi connectivity index (χ3n) is 4.33. The molecular weight excluding hydrogens is 349 g/mol. The van der Waals surface area contributed by atoms with Crippen molar-refractivity contribution in [1.82, 2.24) is 5.32 Å². The maximum Gasteiger partial charge on any atom is 0.279 e. The minimum Gasteiger partial charge on any atom is -0.497 e. The van der Waals surface area contributed by atoms with Gasteiger partial charge in [-0.25, -0.2) is 4.39 Å². The number of anilines is 1. The Kier molecular flexibility index (Phi) is 7.31. The average Bonchev–Trinajstić information content (AvgIpc) is 2.67. The Morgan fingerprint density at radius 1 is 1.11 bits per heavy atom. The van der Waals surface area contributed by atoms with Crippen LogP contribution >= 0.6 is 0 Å². The van der Waals surface area contributed by atoms with Crippen LogP contribution in [0.2, 0.25) is 0 Å². The average molecular weight is 374 g/mol. The first-order valence-electron chi connectivity index (χ1n) is 8.67. The van der Waals surface area contributed by atoms with Crippen LogP contribution in [-0.2, 0) is 16.1 Å². The molecule has 0 heterocycles. The number of carbonyl (C=O) groups excluding carboxylic acids is 2. The van der Waals surface area contributed by atoms with E-state index in [1.165, 1.54) is 24.3 Å². The van der Waals surface area contributed by atoms with Gasteiger partial charge in [0.2, 0.25) is 0 Å². The van der Waals surface area contributed by atoms with Gasteiger partial charge in [-0.05, 0) is 48.9 Å². The Morgan fingerprint density at radius 2 is 1.74 bits per heavy atom. The molecule has 1 unspecified atom stereocenters. The van der Waals surface area contributed by atoms with Crippen molar-refractivity contribution in [1.29, 1.82) is 0 Å². The minimum atomic E-state index is -0.401. The molecule has 0 aliphatic heterocycles. The van der Waals surface area contributed by atoms with Crippen LogP contribution in [0.4, 0.5) is 10.1 Å². The summed E-state index contributed by atoms with van der Waals surface area (Å²) in [6.45, 7) is 2.29. The van der Waals surface area contributed by atoms with E-state index in [9.17, 15) is 14.0 Å². The summed E-state index contributed by atoms with van der Waals surface area (Å²) in [7, 11) is 3.38. The number of rotatable bonds is 8. The van der Waals surface area contributed by atoms with Gasteiger partial charge in [0.05, 0.1) is 14.2 Å². The predicted octanol–water partition coefficient (Wildman–Crippen LogP) is 0.992. The van der Waals surface area contributed by atoms with Crippen LogP contribution in [0.1, 0.15) is 12.5 Å². The van der Waals surface area contributed by atoms with E-state index in [4.69, 9.17) is 4.74 Å². The topological polar surface area (TPSA) is 71.9 Å². The molecule has 0 spiro atoms. The molecule has 0 saturated heterocycles. The number of amides is 2. The van der Waals surface area contributed by atoms with Gasteiger partial charge in [0.1, 0.15) is 11.6 Å². The second-order valence-corrected chi connectivity index (χ2v) is 6.37. The van der Waals surface area contributed by atoms with Crippen molar-refractivity contribution in [2.45, 2.75) is 19.5 Å². The summed E-state index contributed by atoms with van der Waals surface area (Å²) in [5.41, 5.74) is 1.48. The van der Waals surface area contributed by atoms with Crippen LogP contribution < -0.4 is 20.3 Å². The number of hydrogen-bond acceptors (Lipinski definition) is 3. The lowest BCUT2D eigenvalue weighted by atomic mass is 10.2. The van der Waals surface area contributed by atoms with Gasteiger partial charge in [0.15, 0.2) is 12.6 Å². The second kappa shape index (κ2) is 9.68. The summed E-state index contributed by atoms with van der Waals surface area (Å²) in [4.78, 5) is 25.2. The van der Waals surface area contributed by atoms with Crippen molar-refractivity contribution in [3.05, 3.63) is 59.9 Å². The summed E-state index contributed by atoms with van der Waals surface area (Å²) in [5, 5.41) is 5.56. The smallest absolute Gasteiger partial charge is 0.279 e. The van der Waals surface area contributed by atoms with Crippen LogP contribution in [-0.4, -0.2) is 38.6 Å². The van der Waals surface area contributed by atoms with Crippen molar-refractivity contribution >= 4 is 17.5 Å². The fourth-order valence-corrected chi connectivity index (χ4v) is 2.45. The highest BCUT2D eigenvalue weighted by Crippen LogP contribution is 2.11. The fraction of sp³-hybridized carbons (Fsp3) is 0.300. The first-order valence-corrected chi connectivity index (χ1v) is 8.67. The van der Waals surface area contributed by atoms with Crippen molar-refractivity contribution in [2.75, 3.05) is 26.0 Å². The van der Waals surface area contributed by atoms with E-state index in [1.807, 2.05) is 24.3 Å². The quantitative estimate of drug-likeness (QED) is 0.645. The van der Waals surface area contributed by atoms with Gasteiger partial charge in [-0.15, -0.1) is 0 Å². The molecule has 0 aliphatic carbocycles. The van der Waals surface area contributed by atoms with Crippen molar-refractivity contribution in [3.63, 3.8) is 0 Å². The number of quaternary nitrogens is 1. The number of nitrogens with one attached hydrogen (secondary N) is 3. The Hall–Kier alpha value is -2.93. The molecule has 7 heteroatoms. The van der Waals surface area contributed by atoms with Gasteiger partial charge < -0.3 is 20.3 Å². The van der Waals surface area contributed by atoms with E-state index >= 15 is 0 Å². The molecule has 0 fully saturated rings. The molecule has 0 saturated carbocycles. The largest absolute Gasteiger partial charge is 0.497 e. The SMILES string of the molecule is COc1ccc(CNC(=O)[C@@H](C)[NH+](C)CC(=O)Nc2ccc(F)cc2)cc1. The molecule has 0 bridgehead atoms. The summed E-state index contributed by atoms with van der Waals surface area (Å²) in [6.07, 6.45) is 0. The number of methoxy groups -OCH3 is 1. The Balaban J connectivity index is 1.80. The third-order valence-corrected chi connectivity index (χ3v) is 4.33. The maximum absolute atomic E-state index is 12.9. The summed E-state index contributed by atoms with van der Waals surface area (Å²) in [5.74, 6) is 0.0134. The molecule has 2 atom stereocenters. The molecule has 2 rings (SSSR count). The molecule has 0 aliphatic rings. The summed E-state index contributed by atoms with van der Waals surface area (Å²) < 4.78 is 18.0. The zero-order chi connectivity index (χ0) is 19.8. The number of benzene rings is 2. The normalized spacial score (nSPS) is 12.7. The van der Waals surface area contributed by atoms with E-state index in [0.717, 1.165) is 16.2 Å². The molecule has 6 nitrogen and oxygen atoms in total. The van der Waals surface area contributed by atoms with Gasteiger partial charge >= 0.3 is 0 Å². The van der Waals surface area contributed by atoms with Crippen molar-refractivity contribution in [2.24, 2.45) is 0 Å². The summed E-state index contributed by atoms with van der Waals surface area (Å²) >= 11 is 0. The van der Waals surface area contributed by atoms with Gasteiger partial charge in [0, 0.05) is 12.2 Å². The molecule has 144 valence electrons. The van der Waals surface area contributed by atoms with Crippen LogP contribution in [0.25, 0.3) is 0 Å². The zero-order valence-corrected chi connectivity index (χ0v) is 15.7. The highest BCUT2D eigenvalue weighted by atomic mass is 19.1. The lowest BCUT2D eigenvalue weighted by molar-refractivity contribution is -0.885. The van der Waals surface area contributed by atoms with Crippen LogP contribution in [0.3, 0.4) is 0 Å². The Labute approximate surface area is 158 Å². The van der Waals surface area contributed by atoms with E-state index in [0.29, 0.717) is 12.2 Å². The number of carbonyl (C=O) groups is 2. The molecule has 2 aromatic rings. The van der Waals surface area contributed by atoms with Gasteiger partial charge in [-0.3, -0.25) is 9.59 Å². The van der Waals surface area contributed by atoms with Gasteiger partial charge in [-0.2, -0.15) is 0 Å². The zero-order valence-electron chi connectivity index (χ0n) is 15.7. The Morgan fingerprint density at radius 3 is 2.33 bits per heavy atom. The van der Waals surface area contributed by atoms with E-state index in [2.05, 4.69) is 10.6 Å². The van der Waals surface area contributed by atoms with Gasteiger partial charge in [0.25, 0.3) is 11.8 Å². The van der Waals surface area contributed by atoms with E-state index in [1.54, 1.807) is 21.1 Å². The molecule has 3 N–H and O–H groups in total. The lowest BCUT2D eigenvalue weighted by Crippen LogP contribution is -3.15. The first-order chi connectivity index (χ1) is 12.9. The van der Waals surface area contributed by atoms with Crippen LogP contribution in [0.15, 0.2) is 48.5 Å². The standard InChI is InChI=1S/C20H24FN3O3/c1-14(20(26)22-12-15-4-10-18(27-3)11-5-15)24(2)13-19(25)23-17-8-6-16(21)7-9-17/h4-11,14H,12-13H2,1-3H3,(H,22,26)(H,23,25)/p+1/t14-/m1/s1. The molecule has 2 aromatic carbocycles. The number of hydrogen-bond donors (Lipinski definition) is 3. The first kappa shape index (κ1) is 20.4. The van der Waals surface area contributed by atoms with E-state index < -0.39 is 6.04 Å².